The molecule has 4 nitrogen and oxygen atoms in total. The lowest BCUT2D eigenvalue weighted by molar-refractivity contribution is -0.110. The molecule has 0 saturated heterocycles. The number of hydrogen-bond donors (Lipinski definition) is 2. The second kappa shape index (κ2) is 4.65. The van der Waals surface area contributed by atoms with Gasteiger partial charge in [-0.2, -0.15) is 0 Å². The van der Waals surface area contributed by atoms with Crippen LogP contribution in [0.5, 0.6) is 0 Å². The van der Waals surface area contributed by atoms with Gasteiger partial charge in [0, 0.05) is 0 Å². The Morgan fingerprint density at radius 3 is 2.94 bits per heavy atom. The van der Waals surface area contributed by atoms with Crippen molar-refractivity contribution in [2.24, 2.45) is 0 Å². The maximum absolute atomic E-state index is 10.6. The topological polar surface area (TPSA) is 63.2 Å². The summed E-state index contributed by atoms with van der Waals surface area (Å²) < 4.78 is 21.2. The third-order valence-electron chi connectivity index (χ3n) is 2.87. The average molecular weight is 239 g/mol. The number of rotatable bonds is 4. The molecule has 0 heterocycles. The predicted molar refractivity (Wildman–Crippen MR) is 60.7 cm³/mol. The standard InChI is InChI=1S/C11H13NO3S/c13-7-12-11-4-2-9-5-8(6-16(14)15)1-3-10(9)11/h1,3,5,7,11,16H,2,4,6H2,(H,12,13). The van der Waals surface area contributed by atoms with Gasteiger partial charge in [0.25, 0.3) is 0 Å². The number of thiol groups is 1. The lowest BCUT2D eigenvalue weighted by Gasteiger charge is -2.09. The molecule has 1 amide bonds. The summed E-state index contributed by atoms with van der Waals surface area (Å²) in [5.41, 5.74) is 3.08. The monoisotopic (exact) mass is 239 g/mol. The van der Waals surface area contributed by atoms with E-state index in [9.17, 15) is 13.2 Å². The molecule has 0 aliphatic heterocycles. The minimum absolute atomic E-state index is 0.0857. The first kappa shape index (κ1) is 11.1. The number of fused-ring (bicyclic) bond motifs is 1. The zero-order valence-electron chi connectivity index (χ0n) is 8.68. The molecule has 0 bridgehead atoms. The summed E-state index contributed by atoms with van der Waals surface area (Å²) in [7, 11) is -2.37. The summed E-state index contributed by atoms with van der Waals surface area (Å²) in [4.78, 5) is 10.4. The Morgan fingerprint density at radius 2 is 2.25 bits per heavy atom. The van der Waals surface area contributed by atoms with Gasteiger partial charge in [-0.05, 0) is 29.5 Å². The van der Waals surface area contributed by atoms with E-state index in [-0.39, 0.29) is 11.8 Å². The normalized spacial score (nSPS) is 18.4. The first-order valence-corrected chi connectivity index (χ1v) is 6.50. The van der Waals surface area contributed by atoms with E-state index in [0.717, 1.165) is 29.5 Å². The van der Waals surface area contributed by atoms with E-state index in [2.05, 4.69) is 5.32 Å². The number of carbonyl (C=O) groups excluding carboxylic acids is 1. The molecule has 1 aliphatic carbocycles. The molecule has 2 rings (SSSR count). The van der Waals surface area contributed by atoms with Crippen molar-refractivity contribution >= 4 is 17.1 Å². The number of amides is 1. The Balaban J connectivity index is 2.25. The van der Waals surface area contributed by atoms with Gasteiger partial charge in [0.15, 0.2) is 0 Å². The van der Waals surface area contributed by atoms with Crippen molar-refractivity contribution < 1.29 is 13.2 Å². The Morgan fingerprint density at radius 1 is 1.44 bits per heavy atom. The van der Waals surface area contributed by atoms with E-state index < -0.39 is 10.7 Å². The molecule has 0 fully saturated rings. The van der Waals surface area contributed by atoms with Gasteiger partial charge in [0.1, 0.15) is 10.7 Å². The molecule has 1 N–H and O–H groups in total. The van der Waals surface area contributed by atoms with E-state index >= 15 is 0 Å². The summed E-state index contributed by atoms with van der Waals surface area (Å²) in [6.45, 7) is 0. The molecule has 86 valence electrons. The van der Waals surface area contributed by atoms with Gasteiger partial charge in [0.05, 0.1) is 11.8 Å². The van der Waals surface area contributed by atoms with E-state index in [0.29, 0.717) is 6.41 Å². The minimum atomic E-state index is -2.37. The number of carbonyl (C=O) groups is 1. The molecule has 0 aromatic heterocycles. The van der Waals surface area contributed by atoms with Gasteiger partial charge in [-0.3, -0.25) is 4.79 Å². The van der Waals surface area contributed by atoms with Crippen LogP contribution in [0.25, 0.3) is 0 Å². The first-order chi connectivity index (χ1) is 7.70. The van der Waals surface area contributed by atoms with Gasteiger partial charge < -0.3 is 5.32 Å². The van der Waals surface area contributed by atoms with Crippen LogP contribution >= 0.6 is 0 Å². The highest BCUT2D eigenvalue weighted by Crippen LogP contribution is 2.31. The van der Waals surface area contributed by atoms with Gasteiger partial charge >= 0.3 is 0 Å². The van der Waals surface area contributed by atoms with Crippen LogP contribution in [0.1, 0.15) is 29.2 Å². The number of aryl methyl sites for hydroxylation is 1. The number of nitrogens with one attached hydrogen (secondary N) is 1. The Hall–Kier alpha value is -1.36. The molecule has 5 heteroatoms. The summed E-state index contributed by atoms with van der Waals surface area (Å²) in [6.07, 6.45) is 2.49. The summed E-state index contributed by atoms with van der Waals surface area (Å²) in [6, 6.07) is 5.74. The van der Waals surface area contributed by atoms with Crippen molar-refractivity contribution in [3.8, 4) is 0 Å². The number of hydrogen-bond acceptors (Lipinski definition) is 3. The molecule has 0 saturated carbocycles. The van der Waals surface area contributed by atoms with E-state index in [1.165, 1.54) is 0 Å². The summed E-state index contributed by atoms with van der Waals surface area (Å²) in [5, 5.41) is 2.76. The molecule has 1 aromatic carbocycles. The minimum Gasteiger partial charge on any atom is -0.352 e. The fourth-order valence-electron chi connectivity index (χ4n) is 2.17. The van der Waals surface area contributed by atoms with Crippen LogP contribution in [0.4, 0.5) is 0 Å². The van der Waals surface area contributed by atoms with Crippen LogP contribution in [0.3, 0.4) is 0 Å². The molecule has 16 heavy (non-hydrogen) atoms. The van der Waals surface area contributed by atoms with Gasteiger partial charge in [-0.25, -0.2) is 8.42 Å². The van der Waals surface area contributed by atoms with Crippen molar-refractivity contribution in [2.75, 3.05) is 0 Å². The maximum atomic E-state index is 10.6. The first-order valence-electron chi connectivity index (χ1n) is 5.14. The lowest BCUT2D eigenvalue weighted by Crippen LogP contribution is -2.16. The van der Waals surface area contributed by atoms with E-state index in [1.54, 1.807) is 0 Å². The molecule has 1 aromatic rings. The van der Waals surface area contributed by atoms with Crippen LogP contribution in [0.2, 0.25) is 0 Å². The highest BCUT2D eigenvalue weighted by atomic mass is 32.2. The van der Waals surface area contributed by atoms with Crippen LogP contribution in [-0.2, 0) is 27.7 Å². The van der Waals surface area contributed by atoms with Crippen LogP contribution in [-0.4, -0.2) is 14.8 Å². The molecule has 1 atom stereocenters. The van der Waals surface area contributed by atoms with Crippen LogP contribution in [0, 0.1) is 0 Å². The summed E-state index contributed by atoms with van der Waals surface area (Å²) in [5.74, 6) is 0.0917. The predicted octanol–water partition coefficient (Wildman–Crippen LogP) is 0.531. The molecular formula is C11H13NO3S. The molecular weight excluding hydrogens is 226 g/mol. The van der Waals surface area contributed by atoms with E-state index in [4.69, 9.17) is 0 Å². The van der Waals surface area contributed by atoms with Crippen molar-refractivity contribution in [3.63, 3.8) is 0 Å². The fourth-order valence-corrected chi connectivity index (χ4v) is 2.67. The van der Waals surface area contributed by atoms with Crippen molar-refractivity contribution in [1.82, 2.24) is 5.32 Å². The quantitative estimate of drug-likeness (QED) is 0.595. The van der Waals surface area contributed by atoms with Crippen molar-refractivity contribution in [2.45, 2.75) is 24.6 Å². The van der Waals surface area contributed by atoms with Crippen molar-refractivity contribution in [3.05, 3.63) is 34.9 Å². The Kier molecular flexibility index (Phi) is 3.24. The highest BCUT2D eigenvalue weighted by Gasteiger charge is 2.21. The molecule has 0 radical (unpaired) electrons. The number of benzene rings is 1. The molecule has 1 aliphatic rings. The highest BCUT2D eigenvalue weighted by molar-refractivity contribution is 7.71. The van der Waals surface area contributed by atoms with Crippen LogP contribution < -0.4 is 5.32 Å². The second-order valence-corrected chi connectivity index (χ2v) is 4.88. The van der Waals surface area contributed by atoms with Gasteiger partial charge in [-0.15, -0.1) is 0 Å². The van der Waals surface area contributed by atoms with Crippen molar-refractivity contribution in [1.29, 1.82) is 0 Å². The maximum Gasteiger partial charge on any atom is 0.207 e. The average Bonchev–Trinajstić information content (AvgIpc) is 2.61. The fraction of sp³-hybridized carbons (Fsp3) is 0.364. The SMILES string of the molecule is O=CNC1CCc2cc(C[SH](=O)=O)ccc21. The van der Waals surface area contributed by atoms with Gasteiger partial charge in [0.2, 0.25) is 6.41 Å². The lowest BCUT2D eigenvalue weighted by atomic mass is 10.1. The molecule has 0 spiro atoms. The zero-order valence-corrected chi connectivity index (χ0v) is 9.57. The molecule has 1 unspecified atom stereocenters. The third kappa shape index (κ3) is 2.24. The second-order valence-electron chi connectivity index (χ2n) is 3.90. The van der Waals surface area contributed by atoms with E-state index in [1.807, 2.05) is 18.2 Å². The smallest absolute Gasteiger partial charge is 0.207 e. The third-order valence-corrected chi connectivity index (χ3v) is 3.49. The Bertz CT molecular complexity index is 474. The summed E-state index contributed by atoms with van der Waals surface area (Å²) >= 11 is 0. The largest absolute Gasteiger partial charge is 0.352 e. The zero-order chi connectivity index (χ0) is 11.5. The van der Waals surface area contributed by atoms with Gasteiger partial charge in [-0.1, -0.05) is 18.2 Å². The van der Waals surface area contributed by atoms with Crippen LogP contribution in [0.15, 0.2) is 18.2 Å². The Labute approximate surface area is 95.6 Å².